The van der Waals surface area contributed by atoms with Crippen molar-refractivity contribution in [1.29, 1.82) is 0 Å². The Kier molecular flexibility index (Phi) is 8.35. The molecule has 5 nitrogen and oxygen atoms in total. The van der Waals surface area contributed by atoms with Crippen LogP contribution in [0.2, 0.25) is 10.0 Å². The Morgan fingerprint density at radius 2 is 1.74 bits per heavy atom. The van der Waals surface area contributed by atoms with E-state index in [1.807, 2.05) is 36.4 Å². The first-order valence-corrected chi connectivity index (χ1v) is 10.8. The van der Waals surface area contributed by atoms with Gasteiger partial charge in [0, 0.05) is 9.50 Å². The van der Waals surface area contributed by atoms with Crippen LogP contribution in [0.4, 0.5) is 0 Å². The van der Waals surface area contributed by atoms with Crippen molar-refractivity contribution in [3.05, 3.63) is 91.9 Å². The number of nitrogens with zero attached hydrogens (tertiary/aromatic N) is 1. The van der Waals surface area contributed by atoms with Gasteiger partial charge in [-0.3, -0.25) is 4.79 Å². The second-order valence-electron chi connectivity index (χ2n) is 6.55. The van der Waals surface area contributed by atoms with Gasteiger partial charge in [-0.15, -0.1) is 0 Å². The molecule has 0 aliphatic rings. The number of halogens is 3. The average Bonchev–Trinajstić information content (AvgIpc) is 2.75. The zero-order valence-corrected chi connectivity index (χ0v) is 19.7. The second-order valence-corrected chi connectivity index (χ2v) is 8.30. The van der Waals surface area contributed by atoms with Crippen LogP contribution in [0, 0.1) is 0 Å². The molecule has 0 heterocycles. The van der Waals surface area contributed by atoms with Crippen LogP contribution in [-0.4, -0.2) is 19.2 Å². The van der Waals surface area contributed by atoms with Gasteiger partial charge in [0.15, 0.2) is 11.5 Å². The molecule has 3 aromatic rings. The number of benzene rings is 3. The highest BCUT2D eigenvalue weighted by Crippen LogP contribution is 2.36. The molecule has 3 rings (SSSR count). The van der Waals surface area contributed by atoms with E-state index in [0.717, 1.165) is 15.6 Å². The molecule has 0 bridgehead atoms. The quantitative estimate of drug-likeness (QED) is 0.290. The maximum atomic E-state index is 12.1. The first kappa shape index (κ1) is 23.1. The van der Waals surface area contributed by atoms with E-state index >= 15 is 0 Å². The van der Waals surface area contributed by atoms with Gasteiger partial charge in [0.2, 0.25) is 5.91 Å². The van der Waals surface area contributed by atoms with Crippen molar-refractivity contribution < 1.29 is 14.3 Å². The summed E-state index contributed by atoms with van der Waals surface area (Å²) in [6, 6.07) is 18.3. The van der Waals surface area contributed by atoms with E-state index in [4.69, 9.17) is 32.7 Å². The Morgan fingerprint density at radius 3 is 2.42 bits per heavy atom. The molecule has 0 fully saturated rings. The molecule has 0 unspecified atom stereocenters. The lowest BCUT2D eigenvalue weighted by atomic mass is 10.1. The van der Waals surface area contributed by atoms with Gasteiger partial charge in [-0.2, -0.15) is 5.10 Å². The molecule has 0 aromatic heterocycles. The van der Waals surface area contributed by atoms with E-state index in [2.05, 4.69) is 26.5 Å². The van der Waals surface area contributed by atoms with E-state index in [1.54, 1.807) is 24.3 Å². The van der Waals surface area contributed by atoms with Crippen molar-refractivity contribution in [2.45, 2.75) is 13.0 Å². The summed E-state index contributed by atoms with van der Waals surface area (Å²) in [5, 5.41) is 5.03. The Morgan fingerprint density at radius 1 is 1.06 bits per heavy atom. The van der Waals surface area contributed by atoms with Crippen molar-refractivity contribution in [1.82, 2.24) is 5.43 Å². The Labute approximate surface area is 199 Å². The molecule has 0 atom stereocenters. The van der Waals surface area contributed by atoms with Gasteiger partial charge in [0.05, 0.1) is 24.8 Å². The number of hydrazone groups is 1. The lowest BCUT2D eigenvalue weighted by molar-refractivity contribution is -0.120. The maximum absolute atomic E-state index is 12.1. The van der Waals surface area contributed by atoms with Gasteiger partial charge in [-0.1, -0.05) is 63.4 Å². The Hall–Kier alpha value is -2.54. The minimum Gasteiger partial charge on any atom is -0.493 e. The number of carbonyl (C=O) groups excluding carboxylic acids is 1. The predicted molar refractivity (Wildman–Crippen MR) is 127 cm³/mol. The molecule has 1 amide bonds. The number of amides is 1. The number of methoxy groups -OCH3 is 1. The molecule has 0 radical (unpaired) electrons. The van der Waals surface area contributed by atoms with Crippen molar-refractivity contribution in [2.75, 3.05) is 7.11 Å². The van der Waals surface area contributed by atoms with Crippen LogP contribution in [0.1, 0.15) is 16.7 Å². The van der Waals surface area contributed by atoms with Gasteiger partial charge in [0.25, 0.3) is 0 Å². The van der Waals surface area contributed by atoms with Crippen LogP contribution in [-0.2, 0) is 17.8 Å². The molecule has 160 valence electrons. The summed E-state index contributed by atoms with van der Waals surface area (Å²) in [7, 11) is 1.53. The average molecular weight is 522 g/mol. The van der Waals surface area contributed by atoms with Crippen molar-refractivity contribution in [2.24, 2.45) is 5.10 Å². The lowest BCUT2D eigenvalue weighted by Gasteiger charge is -2.13. The van der Waals surface area contributed by atoms with Gasteiger partial charge in [0.1, 0.15) is 6.61 Å². The fraction of sp³-hybridized carbons (Fsp3) is 0.130. The summed E-state index contributed by atoms with van der Waals surface area (Å²) < 4.78 is 12.2. The van der Waals surface area contributed by atoms with Gasteiger partial charge in [-0.05, 0) is 53.1 Å². The molecule has 31 heavy (non-hydrogen) atoms. The summed E-state index contributed by atoms with van der Waals surface area (Å²) in [5.41, 5.74) is 5.00. The highest BCUT2D eigenvalue weighted by molar-refractivity contribution is 9.10. The highest BCUT2D eigenvalue weighted by Gasteiger charge is 2.12. The largest absolute Gasteiger partial charge is 0.493 e. The smallest absolute Gasteiger partial charge is 0.244 e. The van der Waals surface area contributed by atoms with Crippen molar-refractivity contribution >= 4 is 51.3 Å². The summed E-state index contributed by atoms with van der Waals surface area (Å²) >= 11 is 15.7. The normalized spacial score (nSPS) is 10.8. The minimum absolute atomic E-state index is 0.223. The van der Waals surface area contributed by atoms with Crippen LogP contribution < -0.4 is 14.9 Å². The molecule has 1 N–H and O–H groups in total. The Balaban J connectivity index is 1.62. The summed E-state index contributed by atoms with van der Waals surface area (Å²) in [4.78, 5) is 12.1. The summed E-state index contributed by atoms with van der Waals surface area (Å²) in [6.07, 6.45) is 1.73. The molecular formula is C23H19BrCl2N2O3. The van der Waals surface area contributed by atoms with Gasteiger partial charge >= 0.3 is 0 Å². The number of hydrogen-bond acceptors (Lipinski definition) is 4. The standard InChI is InChI=1S/C23H19BrCl2N2O3/c1-30-21-11-17(13-27-28-22(29)12-15-2-6-18(24)7-3-15)10-20(26)23(21)31-14-16-4-8-19(25)9-5-16/h2-11,13H,12,14H2,1H3,(H,28,29)/b27-13-. The van der Waals surface area contributed by atoms with E-state index in [-0.39, 0.29) is 12.3 Å². The van der Waals surface area contributed by atoms with E-state index in [9.17, 15) is 4.79 Å². The summed E-state index contributed by atoms with van der Waals surface area (Å²) in [6.45, 7) is 0.312. The van der Waals surface area contributed by atoms with Crippen LogP contribution in [0.3, 0.4) is 0 Å². The molecule has 0 saturated carbocycles. The monoisotopic (exact) mass is 520 g/mol. The van der Waals surface area contributed by atoms with Crippen molar-refractivity contribution in [3.8, 4) is 11.5 Å². The lowest BCUT2D eigenvalue weighted by Crippen LogP contribution is -2.19. The van der Waals surface area contributed by atoms with Crippen molar-refractivity contribution in [3.63, 3.8) is 0 Å². The number of nitrogens with one attached hydrogen (secondary N) is 1. The number of rotatable bonds is 8. The summed E-state index contributed by atoms with van der Waals surface area (Å²) in [5.74, 6) is 0.666. The van der Waals surface area contributed by atoms with Crippen LogP contribution in [0.15, 0.2) is 70.2 Å². The fourth-order valence-electron chi connectivity index (χ4n) is 2.70. The van der Waals surface area contributed by atoms with E-state index < -0.39 is 0 Å². The third-order valence-electron chi connectivity index (χ3n) is 4.23. The third kappa shape index (κ3) is 6.99. The minimum atomic E-state index is -0.223. The first-order valence-electron chi connectivity index (χ1n) is 9.25. The second kappa shape index (κ2) is 11.2. The third-order valence-corrected chi connectivity index (χ3v) is 5.29. The fourth-order valence-corrected chi connectivity index (χ4v) is 3.36. The predicted octanol–water partition coefficient (Wildman–Crippen LogP) is 6.04. The van der Waals surface area contributed by atoms with Gasteiger partial charge in [-0.25, -0.2) is 5.43 Å². The molecule has 0 saturated heterocycles. The highest BCUT2D eigenvalue weighted by atomic mass is 79.9. The SMILES string of the molecule is COc1cc(/C=N\NC(=O)Cc2ccc(Br)cc2)cc(Cl)c1OCc1ccc(Cl)cc1. The van der Waals surface area contributed by atoms with Crippen LogP contribution in [0.5, 0.6) is 11.5 Å². The molecule has 8 heteroatoms. The van der Waals surface area contributed by atoms with E-state index in [1.165, 1.54) is 13.3 Å². The van der Waals surface area contributed by atoms with Crippen LogP contribution in [0.25, 0.3) is 0 Å². The zero-order chi connectivity index (χ0) is 22.2. The molecule has 0 aliphatic carbocycles. The molecule has 0 spiro atoms. The van der Waals surface area contributed by atoms with Crippen LogP contribution >= 0.6 is 39.1 Å². The molecule has 0 aliphatic heterocycles. The maximum Gasteiger partial charge on any atom is 0.244 e. The van der Waals surface area contributed by atoms with E-state index in [0.29, 0.717) is 33.7 Å². The molecule has 3 aromatic carbocycles. The first-order chi connectivity index (χ1) is 14.9. The topological polar surface area (TPSA) is 59.9 Å². The number of hydrogen-bond donors (Lipinski definition) is 1. The van der Waals surface area contributed by atoms with Gasteiger partial charge < -0.3 is 9.47 Å². The number of ether oxygens (including phenoxy) is 2. The molecular weight excluding hydrogens is 503 g/mol. The number of carbonyl (C=O) groups is 1. The Bertz CT molecular complexity index is 1070. The zero-order valence-electron chi connectivity index (χ0n) is 16.6.